The summed E-state index contributed by atoms with van der Waals surface area (Å²) >= 11 is 0. The van der Waals surface area contributed by atoms with Crippen molar-refractivity contribution in [2.75, 3.05) is 18.0 Å². The molecule has 32 heavy (non-hydrogen) atoms. The lowest BCUT2D eigenvalue weighted by Gasteiger charge is -2.21. The van der Waals surface area contributed by atoms with Crippen molar-refractivity contribution >= 4 is 22.6 Å². The maximum atomic E-state index is 13.2. The van der Waals surface area contributed by atoms with Crippen LogP contribution in [0.2, 0.25) is 0 Å². The van der Waals surface area contributed by atoms with Gasteiger partial charge in [-0.2, -0.15) is 0 Å². The van der Waals surface area contributed by atoms with E-state index in [0.29, 0.717) is 11.0 Å². The number of hydrogen-bond donors (Lipinski definition) is 1. The van der Waals surface area contributed by atoms with Gasteiger partial charge in [0.05, 0.1) is 6.04 Å². The van der Waals surface area contributed by atoms with Crippen LogP contribution in [-0.2, 0) is 0 Å². The van der Waals surface area contributed by atoms with Crippen molar-refractivity contribution < 1.29 is 9.21 Å². The van der Waals surface area contributed by atoms with E-state index in [4.69, 9.17) is 4.42 Å². The summed E-state index contributed by atoms with van der Waals surface area (Å²) in [6.45, 7) is 5.86. The molecule has 1 amide bonds. The van der Waals surface area contributed by atoms with Crippen molar-refractivity contribution in [1.29, 1.82) is 0 Å². The smallest absolute Gasteiger partial charge is 0.349 e. The second kappa shape index (κ2) is 9.52. The average molecular weight is 427 g/mol. The maximum absolute atomic E-state index is 13.2. The Labute approximate surface area is 187 Å². The van der Waals surface area contributed by atoms with Crippen LogP contribution in [0.15, 0.2) is 94.1 Å². The standard InChI is InChI=1S/C27H26N2O3/c1-3-29(4-2)22-16-15-21-17-23(27(31)32-24(21)18-22)26(30)28-25(19-11-7-5-8-12-19)20-13-9-6-10-14-20/h5-18,25H,3-4H2,1-2H3,(H,28,30). The van der Waals surface area contributed by atoms with E-state index >= 15 is 0 Å². The number of anilines is 1. The van der Waals surface area contributed by atoms with Crippen LogP contribution in [0.25, 0.3) is 11.0 Å². The lowest BCUT2D eigenvalue weighted by Crippen LogP contribution is -2.32. The molecule has 0 unspecified atom stereocenters. The second-order valence-corrected chi connectivity index (χ2v) is 7.57. The molecule has 162 valence electrons. The van der Waals surface area contributed by atoms with Gasteiger partial charge in [0.2, 0.25) is 0 Å². The molecule has 0 radical (unpaired) electrons. The predicted molar refractivity (Wildman–Crippen MR) is 128 cm³/mol. The Balaban J connectivity index is 1.68. The molecule has 1 aromatic heterocycles. The van der Waals surface area contributed by atoms with Gasteiger partial charge >= 0.3 is 5.63 Å². The number of fused-ring (bicyclic) bond motifs is 1. The van der Waals surface area contributed by atoms with Gasteiger partial charge in [-0.1, -0.05) is 60.7 Å². The van der Waals surface area contributed by atoms with Gasteiger partial charge in [0.25, 0.3) is 5.91 Å². The van der Waals surface area contributed by atoms with E-state index in [1.165, 1.54) is 0 Å². The molecule has 4 rings (SSSR count). The van der Waals surface area contributed by atoms with Gasteiger partial charge in [0.15, 0.2) is 0 Å². The highest BCUT2D eigenvalue weighted by Gasteiger charge is 2.21. The first-order valence-corrected chi connectivity index (χ1v) is 10.8. The SMILES string of the molecule is CCN(CC)c1ccc2cc(C(=O)NC(c3ccccc3)c3ccccc3)c(=O)oc2c1. The van der Waals surface area contributed by atoms with E-state index in [1.54, 1.807) is 6.07 Å². The molecule has 0 saturated carbocycles. The summed E-state index contributed by atoms with van der Waals surface area (Å²) in [6, 6.07) is 26.3. The fourth-order valence-corrected chi connectivity index (χ4v) is 3.90. The normalized spacial score (nSPS) is 11.0. The second-order valence-electron chi connectivity index (χ2n) is 7.57. The number of hydrogen-bond acceptors (Lipinski definition) is 4. The van der Waals surface area contributed by atoms with E-state index in [2.05, 4.69) is 24.1 Å². The summed E-state index contributed by atoms with van der Waals surface area (Å²) in [6.07, 6.45) is 0. The van der Waals surface area contributed by atoms with Crippen LogP contribution in [0.5, 0.6) is 0 Å². The Morgan fingerprint density at radius 3 is 2.03 bits per heavy atom. The Morgan fingerprint density at radius 1 is 0.875 bits per heavy atom. The Morgan fingerprint density at radius 2 is 1.47 bits per heavy atom. The molecule has 0 aliphatic carbocycles. The fourth-order valence-electron chi connectivity index (χ4n) is 3.90. The predicted octanol–water partition coefficient (Wildman–Crippen LogP) is 5.16. The Hall–Kier alpha value is -3.86. The highest BCUT2D eigenvalue weighted by molar-refractivity contribution is 5.97. The van der Waals surface area contributed by atoms with Crippen LogP contribution in [0.4, 0.5) is 5.69 Å². The van der Waals surface area contributed by atoms with Gasteiger partial charge in [0.1, 0.15) is 11.1 Å². The Bertz CT molecular complexity index is 1220. The number of rotatable bonds is 7. The topological polar surface area (TPSA) is 62.6 Å². The van der Waals surface area contributed by atoms with Crippen molar-refractivity contribution in [3.05, 3.63) is 112 Å². The van der Waals surface area contributed by atoms with Gasteiger partial charge in [-0.25, -0.2) is 4.79 Å². The molecule has 1 N–H and O–H groups in total. The van der Waals surface area contributed by atoms with E-state index in [1.807, 2.05) is 78.9 Å². The maximum Gasteiger partial charge on any atom is 0.349 e. The van der Waals surface area contributed by atoms with Gasteiger partial charge < -0.3 is 14.6 Å². The molecule has 3 aromatic carbocycles. The molecule has 0 atom stereocenters. The fraction of sp³-hybridized carbons (Fsp3) is 0.185. The third-order valence-electron chi connectivity index (χ3n) is 5.63. The highest BCUT2D eigenvalue weighted by Crippen LogP contribution is 2.24. The average Bonchev–Trinajstić information content (AvgIpc) is 2.83. The van der Waals surface area contributed by atoms with Crippen molar-refractivity contribution in [2.24, 2.45) is 0 Å². The summed E-state index contributed by atoms with van der Waals surface area (Å²) < 4.78 is 5.54. The minimum Gasteiger partial charge on any atom is -0.422 e. The molecular formula is C27H26N2O3. The molecule has 0 aliphatic rings. The summed E-state index contributed by atoms with van der Waals surface area (Å²) in [5.41, 5.74) is 2.66. The number of carbonyl (C=O) groups excluding carboxylic acids is 1. The van der Waals surface area contributed by atoms with E-state index in [-0.39, 0.29) is 11.6 Å². The van der Waals surface area contributed by atoms with E-state index in [9.17, 15) is 9.59 Å². The number of amides is 1. The van der Waals surface area contributed by atoms with Crippen LogP contribution in [0.1, 0.15) is 41.4 Å². The molecule has 1 heterocycles. The molecule has 0 fully saturated rings. The summed E-state index contributed by atoms with van der Waals surface area (Å²) in [7, 11) is 0. The van der Waals surface area contributed by atoms with Crippen LogP contribution in [0, 0.1) is 0 Å². The summed E-state index contributed by atoms with van der Waals surface area (Å²) in [5, 5.41) is 3.72. The van der Waals surface area contributed by atoms with Crippen molar-refractivity contribution in [2.45, 2.75) is 19.9 Å². The monoisotopic (exact) mass is 426 g/mol. The van der Waals surface area contributed by atoms with Crippen molar-refractivity contribution in [1.82, 2.24) is 5.32 Å². The van der Waals surface area contributed by atoms with Crippen LogP contribution < -0.4 is 15.8 Å². The quantitative estimate of drug-likeness (QED) is 0.415. The van der Waals surface area contributed by atoms with Gasteiger partial charge in [-0.05, 0) is 43.2 Å². The first-order chi connectivity index (χ1) is 15.6. The van der Waals surface area contributed by atoms with Gasteiger partial charge in [-0.15, -0.1) is 0 Å². The van der Waals surface area contributed by atoms with Gasteiger partial charge in [-0.3, -0.25) is 4.79 Å². The summed E-state index contributed by atoms with van der Waals surface area (Å²) in [5.74, 6) is -0.467. The zero-order chi connectivity index (χ0) is 22.5. The van der Waals surface area contributed by atoms with Crippen LogP contribution in [0.3, 0.4) is 0 Å². The number of carbonyl (C=O) groups is 1. The molecule has 5 nitrogen and oxygen atoms in total. The lowest BCUT2D eigenvalue weighted by molar-refractivity contribution is 0.0939. The molecule has 0 bridgehead atoms. The molecule has 0 spiro atoms. The zero-order valence-electron chi connectivity index (χ0n) is 18.2. The van der Waals surface area contributed by atoms with Crippen molar-refractivity contribution in [3.8, 4) is 0 Å². The van der Waals surface area contributed by atoms with Gasteiger partial charge in [0, 0.05) is 30.2 Å². The third kappa shape index (κ3) is 4.42. The van der Waals surface area contributed by atoms with Crippen LogP contribution >= 0.6 is 0 Å². The Kier molecular flexibility index (Phi) is 6.36. The zero-order valence-corrected chi connectivity index (χ0v) is 18.2. The lowest BCUT2D eigenvalue weighted by atomic mass is 9.98. The molecule has 4 aromatic rings. The van der Waals surface area contributed by atoms with E-state index in [0.717, 1.165) is 29.9 Å². The number of nitrogens with one attached hydrogen (secondary N) is 1. The van der Waals surface area contributed by atoms with E-state index < -0.39 is 11.5 Å². The molecule has 0 aliphatic heterocycles. The summed E-state index contributed by atoms with van der Waals surface area (Å²) in [4.78, 5) is 28.0. The van der Waals surface area contributed by atoms with Crippen molar-refractivity contribution in [3.63, 3.8) is 0 Å². The van der Waals surface area contributed by atoms with Crippen LogP contribution in [-0.4, -0.2) is 19.0 Å². The first-order valence-electron chi connectivity index (χ1n) is 10.8. The largest absolute Gasteiger partial charge is 0.422 e. The number of benzene rings is 3. The molecule has 0 saturated heterocycles. The minimum absolute atomic E-state index is 0.00930. The molecular weight excluding hydrogens is 400 g/mol. The molecule has 5 heteroatoms. The minimum atomic E-state index is -0.647. The third-order valence-corrected chi connectivity index (χ3v) is 5.63. The number of nitrogens with zero attached hydrogens (tertiary/aromatic N) is 1. The highest BCUT2D eigenvalue weighted by atomic mass is 16.4. The first kappa shape index (κ1) is 21.4.